The van der Waals surface area contributed by atoms with Crippen LogP contribution >= 0.6 is 11.6 Å². The lowest BCUT2D eigenvalue weighted by Crippen LogP contribution is -2.48. The molecule has 0 aliphatic carbocycles. The van der Waals surface area contributed by atoms with E-state index in [-0.39, 0.29) is 5.91 Å². The Kier molecular flexibility index (Phi) is 6.06. The Bertz CT molecular complexity index is 1020. The summed E-state index contributed by atoms with van der Waals surface area (Å²) in [5, 5.41) is 5.35. The highest BCUT2D eigenvalue weighted by molar-refractivity contribution is 6.30. The van der Waals surface area contributed by atoms with Crippen molar-refractivity contribution in [3.05, 3.63) is 65.3 Å². The standard InChI is InChI=1S/C23H25ClN4O2/c1-3-26-11-13-27(14-12-26)23(29)22-16-21(17-7-9-20(30-2)10-8-17)25-28(22)19-6-4-5-18(24)15-19/h4-10,15-16H,3,11-14H2,1-2H3. The quantitative estimate of drug-likeness (QED) is 0.621. The van der Waals surface area contributed by atoms with E-state index in [1.165, 1.54) is 0 Å². The van der Waals surface area contributed by atoms with Crippen molar-refractivity contribution in [1.29, 1.82) is 0 Å². The second-order valence-corrected chi connectivity index (χ2v) is 7.70. The van der Waals surface area contributed by atoms with E-state index in [0.717, 1.165) is 42.3 Å². The van der Waals surface area contributed by atoms with Crippen molar-refractivity contribution < 1.29 is 9.53 Å². The van der Waals surface area contributed by atoms with Crippen molar-refractivity contribution in [3.63, 3.8) is 0 Å². The van der Waals surface area contributed by atoms with Gasteiger partial charge in [-0.05, 0) is 55.1 Å². The summed E-state index contributed by atoms with van der Waals surface area (Å²) >= 11 is 6.21. The molecule has 3 aromatic rings. The highest BCUT2D eigenvalue weighted by atomic mass is 35.5. The van der Waals surface area contributed by atoms with E-state index in [0.29, 0.717) is 23.8 Å². The Morgan fingerprint density at radius 2 is 1.80 bits per heavy atom. The first-order chi connectivity index (χ1) is 14.6. The minimum Gasteiger partial charge on any atom is -0.497 e. The van der Waals surface area contributed by atoms with Crippen molar-refractivity contribution in [3.8, 4) is 22.7 Å². The molecule has 0 saturated carbocycles. The molecule has 0 bridgehead atoms. The van der Waals surface area contributed by atoms with Crippen LogP contribution in [-0.2, 0) is 0 Å². The minimum absolute atomic E-state index is 0.0157. The zero-order chi connectivity index (χ0) is 21.1. The van der Waals surface area contributed by atoms with Gasteiger partial charge in [-0.25, -0.2) is 4.68 Å². The molecule has 0 N–H and O–H groups in total. The summed E-state index contributed by atoms with van der Waals surface area (Å²) in [6.45, 7) is 6.35. The number of likely N-dealkylation sites (N-methyl/N-ethyl adjacent to an activating group) is 1. The number of halogens is 1. The van der Waals surface area contributed by atoms with Crippen LogP contribution in [0.1, 0.15) is 17.4 Å². The molecule has 2 heterocycles. The van der Waals surface area contributed by atoms with Crippen LogP contribution in [-0.4, -0.2) is 65.3 Å². The largest absolute Gasteiger partial charge is 0.497 e. The van der Waals surface area contributed by atoms with Gasteiger partial charge in [0, 0.05) is 36.8 Å². The first-order valence-corrected chi connectivity index (χ1v) is 10.5. The maximum atomic E-state index is 13.4. The molecule has 1 aromatic heterocycles. The molecule has 1 aliphatic rings. The predicted molar refractivity (Wildman–Crippen MR) is 119 cm³/mol. The van der Waals surface area contributed by atoms with Crippen LogP contribution in [0.5, 0.6) is 5.75 Å². The number of hydrogen-bond acceptors (Lipinski definition) is 4. The van der Waals surface area contributed by atoms with Gasteiger partial charge in [-0.3, -0.25) is 4.79 Å². The highest BCUT2D eigenvalue weighted by Gasteiger charge is 2.26. The molecule has 30 heavy (non-hydrogen) atoms. The summed E-state index contributed by atoms with van der Waals surface area (Å²) in [5.41, 5.74) is 2.94. The summed E-state index contributed by atoms with van der Waals surface area (Å²) in [4.78, 5) is 17.7. The van der Waals surface area contributed by atoms with Gasteiger partial charge >= 0.3 is 0 Å². The minimum atomic E-state index is -0.0157. The SMILES string of the molecule is CCN1CCN(C(=O)c2cc(-c3ccc(OC)cc3)nn2-c2cccc(Cl)c2)CC1. The number of amides is 1. The lowest BCUT2D eigenvalue weighted by atomic mass is 10.1. The zero-order valence-electron chi connectivity index (χ0n) is 17.2. The summed E-state index contributed by atoms with van der Waals surface area (Å²) in [6, 6.07) is 16.9. The van der Waals surface area contributed by atoms with E-state index < -0.39 is 0 Å². The van der Waals surface area contributed by atoms with Crippen LogP contribution in [0.4, 0.5) is 0 Å². The first kappa shape index (κ1) is 20.4. The maximum absolute atomic E-state index is 13.4. The van der Waals surface area contributed by atoms with Crippen LogP contribution in [0.25, 0.3) is 16.9 Å². The number of aromatic nitrogens is 2. The number of benzene rings is 2. The Morgan fingerprint density at radius 1 is 1.07 bits per heavy atom. The number of carbonyl (C=O) groups is 1. The topological polar surface area (TPSA) is 50.6 Å². The zero-order valence-corrected chi connectivity index (χ0v) is 18.0. The van der Waals surface area contributed by atoms with Gasteiger partial charge in [-0.1, -0.05) is 24.6 Å². The van der Waals surface area contributed by atoms with E-state index >= 15 is 0 Å². The number of hydrogen-bond donors (Lipinski definition) is 0. The third kappa shape index (κ3) is 4.20. The number of methoxy groups -OCH3 is 1. The molecule has 7 heteroatoms. The summed E-state index contributed by atoms with van der Waals surface area (Å²) < 4.78 is 6.94. The second kappa shape index (κ2) is 8.90. The molecule has 0 atom stereocenters. The van der Waals surface area contributed by atoms with E-state index in [1.54, 1.807) is 11.8 Å². The third-order valence-corrected chi connectivity index (χ3v) is 5.71. The molecule has 156 valence electrons. The third-order valence-electron chi connectivity index (χ3n) is 5.47. The van der Waals surface area contributed by atoms with Crippen LogP contribution in [0.3, 0.4) is 0 Å². The lowest BCUT2D eigenvalue weighted by Gasteiger charge is -2.34. The Hall–Kier alpha value is -2.83. The second-order valence-electron chi connectivity index (χ2n) is 7.26. The van der Waals surface area contributed by atoms with Crippen molar-refractivity contribution >= 4 is 17.5 Å². The van der Waals surface area contributed by atoms with Gasteiger partial charge in [0.2, 0.25) is 0 Å². The molecule has 1 aliphatic heterocycles. The first-order valence-electron chi connectivity index (χ1n) is 10.1. The van der Waals surface area contributed by atoms with Gasteiger partial charge in [0.1, 0.15) is 11.4 Å². The molecule has 0 radical (unpaired) electrons. The molecule has 4 rings (SSSR count). The normalized spacial score (nSPS) is 14.7. The van der Waals surface area contributed by atoms with Gasteiger partial charge in [-0.15, -0.1) is 0 Å². The molecule has 0 unspecified atom stereocenters. The Labute approximate surface area is 181 Å². The summed E-state index contributed by atoms with van der Waals surface area (Å²) in [5.74, 6) is 0.760. The van der Waals surface area contributed by atoms with Crippen LogP contribution in [0.2, 0.25) is 5.02 Å². The number of nitrogens with zero attached hydrogens (tertiary/aromatic N) is 4. The fourth-order valence-electron chi connectivity index (χ4n) is 3.67. The van der Waals surface area contributed by atoms with E-state index in [4.69, 9.17) is 21.4 Å². The molecular weight excluding hydrogens is 400 g/mol. The Balaban J connectivity index is 1.72. The number of rotatable bonds is 5. The maximum Gasteiger partial charge on any atom is 0.272 e. The van der Waals surface area contributed by atoms with Gasteiger partial charge in [0.25, 0.3) is 5.91 Å². The van der Waals surface area contributed by atoms with Crippen molar-refractivity contribution in [2.45, 2.75) is 6.92 Å². The highest BCUT2D eigenvalue weighted by Crippen LogP contribution is 2.26. The molecular formula is C23H25ClN4O2. The summed E-state index contributed by atoms with van der Waals surface area (Å²) in [6.07, 6.45) is 0. The monoisotopic (exact) mass is 424 g/mol. The van der Waals surface area contributed by atoms with E-state index in [9.17, 15) is 4.79 Å². The van der Waals surface area contributed by atoms with E-state index in [1.807, 2.05) is 59.5 Å². The molecule has 1 saturated heterocycles. The molecule has 2 aromatic carbocycles. The van der Waals surface area contributed by atoms with Crippen LogP contribution < -0.4 is 4.74 Å². The summed E-state index contributed by atoms with van der Waals surface area (Å²) in [7, 11) is 1.64. The average molecular weight is 425 g/mol. The van der Waals surface area contributed by atoms with Gasteiger partial charge in [-0.2, -0.15) is 5.10 Å². The fraction of sp³-hybridized carbons (Fsp3) is 0.304. The number of ether oxygens (including phenoxy) is 1. The smallest absolute Gasteiger partial charge is 0.272 e. The average Bonchev–Trinajstić information content (AvgIpc) is 3.24. The van der Waals surface area contributed by atoms with Crippen molar-refractivity contribution in [2.24, 2.45) is 0 Å². The molecule has 1 fully saturated rings. The van der Waals surface area contributed by atoms with E-state index in [2.05, 4.69) is 11.8 Å². The molecule has 6 nitrogen and oxygen atoms in total. The van der Waals surface area contributed by atoms with Gasteiger partial charge in [0.15, 0.2) is 0 Å². The number of piperazine rings is 1. The van der Waals surface area contributed by atoms with Crippen LogP contribution in [0, 0.1) is 0 Å². The predicted octanol–water partition coefficient (Wildman–Crippen LogP) is 3.98. The lowest BCUT2D eigenvalue weighted by molar-refractivity contribution is 0.0634. The molecule has 1 amide bonds. The molecule has 0 spiro atoms. The number of carbonyl (C=O) groups excluding carboxylic acids is 1. The Morgan fingerprint density at radius 3 is 2.43 bits per heavy atom. The van der Waals surface area contributed by atoms with Gasteiger partial charge < -0.3 is 14.5 Å². The van der Waals surface area contributed by atoms with Crippen molar-refractivity contribution in [1.82, 2.24) is 19.6 Å². The fourth-order valence-corrected chi connectivity index (χ4v) is 3.85. The van der Waals surface area contributed by atoms with Gasteiger partial charge in [0.05, 0.1) is 18.5 Å². The van der Waals surface area contributed by atoms with Crippen molar-refractivity contribution in [2.75, 3.05) is 39.8 Å². The van der Waals surface area contributed by atoms with Crippen LogP contribution in [0.15, 0.2) is 54.6 Å².